The van der Waals surface area contributed by atoms with Crippen molar-refractivity contribution in [1.82, 2.24) is 5.32 Å². The minimum absolute atomic E-state index is 0.207. The number of aryl methyl sites for hydroxylation is 1. The summed E-state index contributed by atoms with van der Waals surface area (Å²) >= 11 is 0. The maximum atomic E-state index is 12.8. The molecule has 0 saturated heterocycles. The molecule has 1 amide bonds. The van der Waals surface area contributed by atoms with Crippen LogP contribution in [-0.2, 0) is 6.42 Å². The first kappa shape index (κ1) is 17.9. The lowest BCUT2D eigenvalue weighted by Gasteiger charge is -2.27. The summed E-state index contributed by atoms with van der Waals surface area (Å²) in [6, 6.07) is 13.6. The summed E-state index contributed by atoms with van der Waals surface area (Å²) < 4.78 is 10.6. The van der Waals surface area contributed by atoms with Crippen molar-refractivity contribution in [3.05, 3.63) is 59.2 Å². The predicted molar refractivity (Wildman–Crippen MR) is 96.0 cm³/mol. The zero-order valence-corrected chi connectivity index (χ0v) is 15.0. The van der Waals surface area contributed by atoms with Crippen LogP contribution in [0.25, 0.3) is 0 Å². The lowest BCUT2D eigenvalue weighted by molar-refractivity contribution is 0.0906. The fourth-order valence-electron chi connectivity index (χ4n) is 2.71. The molecule has 0 aromatic heterocycles. The first-order chi connectivity index (χ1) is 11.4. The zero-order valence-electron chi connectivity index (χ0n) is 15.0. The maximum absolute atomic E-state index is 12.8. The van der Waals surface area contributed by atoms with Crippen LogP contribution >= 0.6 is 0 Å². The molecule has 0 radical (unpaired) electrons. The van der Waals surface area contributed by atoms with E-state index in [1.165, 1.54) is 11.1 Å². The number of hydrogen-bond acceptors (Lipinski definition) is 3. The summed E-state index contributed by atoms with van der Waals surface area (Å²) in [5.74, 6) is 0.789. The number of rotatable bonds is 6. The molecule has 4 nitrogen and oxygen atoms in total. The van der Waals surface area contributed by atoms with Crippen molar-refractivity contribution < 1.29 is 14.3 Å². The van der Waals surface area contributed by atoms with Crippen molar-refractivity contribution in [1.29, 1.82) is 0 Å². The second-order valence-corrected chi connectivity index (χ2v) is 6.54. The van der Waals surface area contributed by atoms with Crippen molar-refractivity contribution in [3.63, 3.8) is 0 Å². The standard InChI is InChI=1S/C20H25NO3/c1-14-9-11-15(12-10-14)13-20(2,3)21-19(22)18-16(23-4)7-6-8-17(18)24-5/h6-12H,13H2,1-5H3,(H,21,22). The minimum atomic E-state index is -0.405. The van der Waals surface area contributed by atoms with Crippen LogP contribution in [0.2, 0.25) is 0 Å². The van der Waals surface area contributed by atoms with E-state index in [9.17, 15) is 4.79 Å². The minimum Gasteiger partial charge on any atom is -0.496 e. The Bertz CT molecular complexity index is 683. The third-order valence-corrected chi connectivity index (χ3v) is 3.87. The average molecular weight is 327 g/mol. The number of hydrogen-bond donors (Lipinski definition) is 1. The van der Waals surface area contributed by atoms with Gasteiger partial charge in [0.1, 0.15) is 17.1 Å². The highest BCUT2D eigenvalue weighted by atomic mass is 16.5. The highest BCUT2D eigenvalue weighted by molar-refractivity contribution is 6.00. The molecule has 0 heterocycles. The van der Waals surface area contributed by atoms with Gasteiger partial charge in [-0.1, -0.05) is 35.9 Å². The molecule has 24 heavy (non-hydrogen) atoms. The van der Waals surface area contributed by atoms with Gasteiger partial charge in [0.05, 0.1) is 14.2 Å². The van der Waals surface area contributed by atoms with Crippen LogP contribution in [0.3, 0.4) is 0 Å². The SMILES string of the molecule is COc1cccc(OC)c1C(=O)NC(C)(C)Cc1ccc(C)cc1. The summed E-state index contributed by atoms with van der Waals surface area (Å²) in [6.07, 6.45) is 0.733. The van der Waals surface area contributed by atoms with E-state index in [0.717, 1.165) is 6.42 Å². The second-order valence-electron chi connectivity index (χ2n) is 6.54. The molecule has 0 bridgehead atoms. The van der Waals surface area contributed by atoms with Crippen molar-refractivity contribution in [3.8, 4) is 11.5 Å². The van der Waals surface area contributed by atoms with Gasteiger partial charge >= 0.3 is 0 Å². The Balaban J connectivity index is 2.20. The molecule has 2 rings (SSSR count). The topological polar surface area (TPSA) is 47.6 Å². The highest BCUT2D eigenvalue weighted by Crippen LogP contribution is 2.28. The molecule has 0 atom stereocenters. The largest absolute Gasteiger partial charge is 0.496 e. The number of methoxy groups -OCH3 is 2. The van der Waals surface area contributed by atoms with Crippen molar-refractivity contribution >= 4 is 5.91 Å². The number of amides is 1. The predicted octanol–water partition coefficient (Wildman–Crippen LogP) is 3.76. The molecule has 0 fully saturated rings. The van der Waals surface area contributed by atoms with E-state index in [4.69, 9.17) is 9.47 Å². The first-order valence-electron chi connectivity index (χ1n) is 7.95. The van der Waals surface area contributed by atoms with Crippen LogP contribution in [-0.4, -0.2) is 25.7 Å². The molecule has 2 aromatic carbocycles. The van der Waals surface area contributed by atoms with Gasteiger partial charge in [0.15, 0.2) is 0 Å². The van der Waals surface area contributed by atoms with Crippen molar-refractivity contribution in [2.75, 3.05) is 14.2 Å². The molecule has 4 heteroatoms. The third-order valence-electron chi connectivity index (χ3n) is 3.87. The second kappa shape index (κ2) is 7.39. The molecule has 0 aliphatic heterocycles. The molecule has 2 aromatic rings. The van der Waals surface area contributed by atoms with E-state index in [0.29, 0.717) is 17.1 Å². The van der Waals surface area contributed by atoms with Gasteiger partial charge in [0.2, 0.25) is 0 Å². The van der Waals surface area contributed by atoms with Gasteiger partial charge in [-0.25, -0.2) is 0 Å². The van der Waals surface area contributed by atoms with Crippen LogP contribution in [0.4, 0.5) is 0 Å². The van der Waals surface area contributed by atoms with Gasteiger partial charge < -0.3 is 14.8 Å². The lowest BCUT2D eigenvalue weighted by atomic mass is 9.94. The van der Waals surface area contributed by atoms with Gasteiger partial charge in [-0.2, -0.15) is 0 Å². The van der Waals surface area contributed by atoms with Gasteiger partial charge in [-0.15, -0.1) is 0 Å². The molecular formula is C20H25NO3. The number of benzene rings is 2. The molecule has 0 saturated carbocycles. The average Bonchev–Trinajstić information content (AvgIpc) is 2.55. The summed E-state index contributed by atoms with van der Waals surface area (Å²) in [7, 11) is 3.09. The first-order valence-corrected chi connectivity index (χ1v) is 7.95. The van der Waals surface area contributed by atoms with Gasteiger partial charge in [0.25, 0.3) is 5.91 Å². The van der Waals surface area contributed by atoms with Crippen LogP contribution in [0.1, 0.15) is 35.3 Å². The van der Waals surface area contributed by atoms with Gasteiger partial charge in [-0.05, 0) is 44.9 Å². The molecule has 0 aliphatic rings. The van der Waals surface area contributed by atoms with E-state index >= 15 is 0 Å². The normalized spacial score (nSPS) is 11.0. The van der Waals surface area contributed by atoms with E-state index in [-0.39, 0.29) is 5.91 Å². The smallest absolute Gasteiger partial charge is 0.259 e. The van der Waals surface area contributed by atoms with Crippen LogP contribution in [0.15, 0.2) is 42.5 Å². The molecule has 128 valence electrons. The quantitative estimate of drug-likeness (QED) is 0.879. The van der Waals surface area contributed by atoms with E-state index < -0.39 is 5.54 Å². The van der Waals surface area contributed by atoms with Crippen molar-refractivity contribution in [2.45, 2.75) is 32.7 Å². The summed E-state index contributed by atoms with van der Waals surface area (Å²) in [6.45, 7) is 6.07. The summed E-state index contributed by atoms with van der Waals surface area (Å²) in [5, 5.41) is 3.09. The zero-order chi connectivity index (χ0) is 17.7. The van der Waals surface area contributed by atoms with Crippen LogP contribution < -0.4 is 14.8 Å². The van der Waals surface area contributed by atoms with Crippen molar-refractivity contribution in [2.24, 2.45) is 0 Å². The molecule has 0 spiro atoms. The van der Waals surface area contributed by atoms with Crippen LogP contribution in [0, 0.1) is 6.92 Å². The fraction of sp³-hybridized carbons (Fsp3) is 0.350. The Morgan fingerprint density at radius 3 is 2.04 bits per heavy atom. The lowest BCUT2D eigenvalue weighted by Crippen LogP contribution is -2.45. The number of carbonyl (C=O) groups excluding carboxylic acids is 1. The van der Waals surface area contributed by atoms with E-state index in [1.807, 2.05) is 13.8 Å². The Morgan fingerprint density at radius 2 is 1.54 bits per heavy atom. The van der Waals surface area contributed by atoms with Crippen LogP contribution in [0.5, 0.6) is 11.5 Å². The number of nitrogens with one attached hydrogen (secondary N) is 1. The van der Waals surface area contributed by atoms with E-state index in [1.54, 1.807) is 32.4 Å². The maximum Gasteiger partial charge on any atom is 0.259 e. The highest BCUT2D eigenvalue weighted by Gasteiger charge is 2.25. The molecule has 0 aliphatic carbocycles. The van der Waals surface area contributed by atoms with Gasteiger partial charge in [0, 0.05) is 5.54 Å². The monoisotopic (exact) mass is 327 g/mol. The fourth-order valence-corrected chi connectivity index (χ4v) is 2.71. The Hall–Kier alpha value is -2.49. The Kier molecular flexibility index (Phi) is 5.50. The molecule has 0 unspecified atom stereocenters. The van der Waals surface area contributed by atoms with Gasteiger partial charge in [-0.3, -0.25) is 4.79 Å². The number of ether oxygens (including phenoxy) is 2. The third kappa shape index (κ3) is 4.28. The summed E-state index contributed by atoms with van der Waals surface area (Å²) in [4.78, 5) is 12.8. The molecule has 1 N–H and O–H groups in total. The summed E-state index contributed by atoms with van der Waals surface area (Å²) in [5.41, 5.74) is 2.41. The molecular weight excluding hydrogens is 302 g/mol. The Morgan fingerprint density at radius 1 is 1.00 bits per heavy atom. The van der Waals surface area contributed by atoms with E-state index in [2.05, 4.69) is 36.5 Å². The Labute approximate surface area is 143 Å². The number of carbonyl (C=O) groups is 1.